The fraction of sp³-hybridized carbons (Fsp3) is 0.385. The Balaban J connectivity index is 1.78. The number of hydrogen-bond donors (Lipinski definition) is 1. The molecule has 0 atom stereocenters. The highest BCUT2D eigenvalue weighted by Gasteiger charge is 2.00. The molecule has 0 saturated carbocycles. The molecule has 1 N–H and O–H groups in total. The van der Waals surface area contributed by atoms with Crippen LogP contribution in [0.3, 0.4) is 0 Å². The molecule has 1 aromatic heterocycles. The highest BCUT2D eigenvalue weighted by molar-refractivity contribution is 5.31. The van der Waals surface area contributed by atoms with Crippen LogP contribution in [-0.4, -0.2) is 35.8 Å². The van der Waals surface area contributed by atoms with Gasteiger partial charge in [-0.05, 0) is 31.3 Å². The van der Waals surface area contributed by atoms with Gasteiger partial charge in [0.25, 0.3) is 0 Å². The summed E-state index contributed by atoms with van der Waals surface area (Å²) in [5, 5.41) is 11.1. The molecule has 0 radical (unpaired) electrons. The smallest absolute Gasteiger partial charge is 0.119 e. The first-order chi connectivity index (χ1) is 9.31. The van der Waals surface area contributed by atoms with Crippen LogP contribution in [0.15, 0.2) is 30.5 Å². The van der Waals surface area contributed by atoms with Crippen molar-refractivity contribution in [1.29, 1.82) is 0 Å². The summed E-state index contributed by atoms with van der Waals surface area (Å²) < 4.78 is 12.5. The number of methoxy groups -OCH3 is 1. The summed E-state index contributed by atoms with van der Waals surface area (Å²) in [5.74, 6) is 1.64. The summed E-state index contributed by atoms with van der Waals surface area (Å²) in [6, 6.07) is 7.50. The van der Waals surface area contributed by atoms with Crippen LogP contribution in [0.2, 0.25) is 0 Å². The largest absolute Gasteiger partial charge is 0.497 e. The van der Waals surface area contributed by atoms with Gasteiger partial charge in [0, 0.05) is 12.7 Å². The minimum atomic E-state index is 0.550. The number of nitrogens with one attached hydrogen (secondary N) is 1. The summed E-state index contributed by atoms with van der Waals surface area (Å²) in [6.07, 6.45) is 1.91. The summed E-state index contributed by atoms with van der Waals surface area (Å²) in [7, 11) is 3.52. The van der Waals surface area contributed by atoms with Crippen molar-refractivity contribution in [2.24, 2.45) is 0 Å². The first kappa shape index (κ1) is 13.4. The molecule has 6 heteroatoms. The van der Waals surface area contributed by atoms with Crippen LogP contribution in [0.1, 0.15) is 5.69 Å². The Morgan fingerprint density at radius 1 is 1.21 bits per heavy atom. The SMILES string of the molecule is CNCc1cn(CCOc2ccc(OC)cc2)nn1. The summed E-state index contributed by atoms with van der Waals surface area (Å²) in [6.45, 7) is 1.94. The van der Waals surface area contributed by atoms with Gasteiger partial charge in [-0.3, -0.25) is 0 Å². The van der Waals surface area contributed by atoms with Crippen molar-refractivity contribution in [2.75, 3.05) is 20.8 Å². The molecule has 0 amide bonds. The Morgan fingerprint density at radius 3 is 2.63 bits per heavy atom. The van der Waals surface area contributed by atoms with Crippen LogP contribution in [-0.2, 0) is 13.1 Å². The van der Waals surface area contributed by atoms with Gasteiger partial charge in [-0.15, -0.1) is 5.10 Å². The first-order valence-corrected chi connectivity index (χ1v) is 6.12. The second-order valence-corrected chi connectivity index (χ2v) is 4.03. The zero-order chi connectivity index (χ0) is 13.5. The minimum absolute atomic E-state index is 0.550. The fourth-order valence-corrected chi connectivity index (χ4v) is 1.64. The minimum Gasteiger partial charge on any atom is -0.497 e. The second kappa shape index (κ2) is 6.75. The Morgan fingerprint density at radius 2 is 1.95 bits per heavy atom. The summed E-state index contributed by atoms with van der Waals surface area (Å²) in [5.41, 5.74) is 0.923. The van der Waals surface area contributed by atoms with E-state index in [1.807, 2.05) is 37.5 Å². The average Bonchev–Trinajstić information content (AvgIpc) is 2.88. The van der Waals surface area contributed by atoms with Crippen LogP contribution in [0.5, 0.6) is 11.5 Å². The average molecular weight is 262 g/mol. The number of aromatic nitrogens is 3. The van der Waals surface area contributed by atoms with E-state index in [9.17, 15) is 0 Å². The number of rotatable bonds is 7. The molecule has 2 rings (SSSR count). The van der Waals surface area contributed by atoms with E-state index in [-0.39, 0.29) is 0 Å². The lowest BCUT2D eigenvalue weighted by atomic mass is 10.3. The molecular formula is C13H18N4O2. The zero-order valence-corrected chi connectivity index (χ0v) is 11.2. The molecule has 2 aromatic rings. The predicted octanol–water partition coefficient (Wildman–Crippen LogP) is 1.09. The van der Waals surface area contributed by atoms with Gasteiger partial charge >= 0.3 is 0 Å². The maximum absolute atomic E-state index is 5.62. The third kappa shape index (κ3) is 3.96. The molecule has 6 nitrogen and oxygen atoms in total. The number of hydrogen-bond acceptors (Lipinski definition) is 5. The van der Waals surface area contributed by atoms with Crippen molar-refractivity contribution in [3.05, 3.63) is 36.2 Å². The molecular weight excluding hydrogens is 244 g/mol. The van der Waals surface area contributed by atoms with Crippen LogP contribution < -0.4 is 14.8 Å². The molecule has 0 fully saturated rings. The van der Waals surface area contributed by atoms with Crippen molar-refractivity contribution in [3.8, 4) is 11.5 Å². The first-order valence-electron chi connectivity index (χ1n) is 6.12. The van der Waals surface area contributed by atoms with E-state index in [0.29, 0.717) is 13.2 Å². The van der Waals surface area contributed by atoms with Crippen LogP contribution >= 0.6 is 0 Å². The van der Waals surface area contributed by atoms with Crippen molar-refractivity contribution in [1.82, 2.24) is 20.3 Å². The topological polar surface area (TPSA) is 61.2 Å². The number of nitrogens with zero attached hydrogens (tertiary/aromatic N) is 3. The Bertz CT molecular complexity index is 496. The van der Waals surface area contributed by atoms with Crippen LogP contribution in [0.25, 0.3) is 0 Å². The Kier molecular flexibility index (Phi) is 4.74. The summed E-state index contributed by atoms with van der Waals surface area (Å²) in [4.78, 5) is 0. The molecule has 0 aliphatic carbocycles. The molecule has 102 valence electrons. The monoisotopic (exact) mass is 262 g/mol. The Labute approximate surface area is 112 Å². The maximum Gasteiger partial charge on any atom is 0.119 e. The Hall–Kier alpha value is -2.08. The van der Waals surface area contributed by atoms with Gasteiger partial charge in [-0.1, -0.05) is 5.21 Å². The molecule has 1 aromatic carbocycles. The summed E-state index contributed by atoms with van der Waals surface area (Å²) >= 11 is 0. The highest BCUT2D eigenvalue weighted by Crippen LogP contribution is 2.16. The van der Waals surface area contributed by atoms with Crippen LogP contribution in [0, 0.1) is 0 Å². The standard InChI is InChI=1S/C13H18N4O2/c1-14-9-11-10-17(16-15-11)7-8-19-13-5-3-12(18-2)4-6-13/h3-6,10,14H,7-9H2,1-2H3. The van der Waals surface area contributed by atoms with E-state index in [1.54, 1.807) is 11.8 Å². The quantitative estimate of drug-likeness (QED) is 0.809. The van der Waals surface area contributed by atoms with Crippen molar-refractivity contribution < 1.29 is 9.47 Å². The zero-order valence-electron chi connectivity index (χ0n) is 11.2. The van der Waals surface area contributed by atoms with Gasteiger partial charge in [0.2, 0.25) is 0 Å². The molecule has 0 unspecified atom stereocenters. The van der Waals surface area contributed by atoms with Gasteiger partial charge in [0.05, 0.1) is 19.3 Å². The predicted molar refractivity (Wildman–Crippen MR) is 71.3 cm³/mol. The van der Waals surface area contributed by atoms with E-state index in [1.165, 1.54) is 0 Å². The van der Waals surface area contributed by atoms with Crippen molar-refractivity contribution >= 4 is 0 Å². The van der Waals surface area contributed by atoms with E-state index in [4.69, 9.17) is 9.47 Å². The van der Waals surface area contributed by atoms with Crippen LogP contribution in [0.4, 0.5) is 0 Å². The van der Waals surface area contributed by atoms with Gasteiger partial charge in [0.1, 0.15) is 18.1 Å². The van der Waals surface area contributed by atoms with E-state index in [0.717, 1.165) is 23.7 Å². The molecule has 0 saturated heterocycles. The van der Waals surface area contributed by atoms with E-state index < -0.39 is 0 Å². The number of benzene rings is 1. The molecule has 19 heavy (non-hydrogen) atoms. The van der Waals surface area contributed by atoms with Gasteiger partial charge < -0.3 is 14.8 Å². The second-order valence-electron chi connectivity index (χ2n) is 4.03. The molecule has 0 aliphatic heterocycles. The lowest BCUT2D eigenvalue weighted by Crippen LogP contribution is -2.09. The molecule has 1 heterocycles. The molecule has 0 aliphatic rings. The normalized spacial score (nSPS) is 10.4. The molecule has 0 spiro atoms. The van der Waals surface area contributed by atoms with Crippen molar-refractivity contribution in [2.45, 2.75) is 13.1 Å². The highest BCUT2D eigenvalue weighted by atomic mass is 16.5. The lowest BCUT2D eigenvalue weighted by Gasteiger charge is -2.06. The van der Waals surface area contributed by atoms with Gasteiger partial charge in [-0.2, -0.15) is 0 Å². The van der Waals surface area contributed by atoms with E-state index >= 15 is 0 Å². The van der Waals surface area contributed by atoms with Crippen molar-refractivity contribution in [3.63, 3.8) is 0 Å². The van der Waals surface area contributed by atoms with Gasteiger partial charge in [0.15, 0.2) is 0 Å². The lowest BCUT2D eigenvalue weighted by molar-refractivity contribution is 0.289. The third-order valence-electron chi connectivity index (χ3n) is 2.59. The maximum atomic E-state index is 5.62. The molecule has 0 bridgehead atoms. The van der Waals surface area contributed by atoms with E-state index in [2.05, 4.69) is 15.6 Å². The number of ether oxygens (including phenoxy) is 2. The fourth-order valence-electron chi connectivity index (χ4n) is 1.64. The van der Waals surface area contributed by atoms with Gasteiger partial charge in [-0.25, -0.2) is 4.68 Å². The third-order valence-corrected chi connectivity index (χ3v) is 2.59.